The number of aromatic amines is 1. The van der Waals surface area contributed by atoms with Crippen LogP contribution < -0.4 is 5.32 Å². The van der Waals surface area contributed by atoms with Crippen molar-refractivity contribution in [3.63, 3.8) is 0 Å². The Morgan fingerprint density at radius 1 is 1.06 bits per heavy atom. The molecule has 2 saturated heterocycles. The van der Waals surface area contributed by atoms with Crippen molar-refractivity contribution in [3.05, 3.63) is 47.8 Å². The van der Waals surface area contributed by atoms with E-state index in [-0.39, 0.29) is 28.9 Å². The van der Waals surface area contributed by atoms with Gasteiger partial charge < -0.3 is 15.2 Å². The Morgan fingerprint density at radius 3 is 2.42 bits per heavy atom. The molecule has 2 amide bonds. The van der Waals surface area contributed by atoms with Gasteiger partial charge in [0.1, 0.15) is 10.6 Å². The van der Waals surface area contributed by atoms with E-state index in [1.54, 1.807) is 4.90 Å². The Balaban J connectivity index is 1.41. The van der Waals surface area contributed by atoms with Crippen LogP contribution in [0.4, 0.5) is 5.69 Å². The van der Waals surface area contributed by atoms with E-state index in [9.17, 15) is 18.0 Å². The number of anilines is 1. The number of aromatic nitrogens is 1. The molecule has 0 aliphatic carbocycles. The van der Waals surface area contributed by atoms with Crippen molar-refractivity contribution in [1.29, 1.82) is 0 Å². The number of H-pyrrole nitrogens is 1. The van der Waals surface area contributed by atoms with E-state index in [1.165, 1.54) is 22.1 Å². The van der Waals surface area contributed by atoms with Crippen LogP contribution in [-0.4, -0.2) is 60.6 Å². The minimum absolute atomic E-state index is 0.0652. The first-order valence-electron chi connectivity index (χ1n) is 11.6. The Kier molecular flexibility index (Phi) is 6.90. The molecule has 8 nitrogen and oxygen atoms in total. The fraction of sp³-hybridized carbons (Fsp3) is 0.500. The Morgan fingerprint density at radius 2 is 1.76 bits per heavy atom. The van der Waals surface area contributed by atoms with Crippen LogP contribution in [0.3, 0.4) is 0 Å². The number of carbonyl (C=O) groups excluding carboxylic acids is 2. The minimum Gasteiger partial charge on any atom is -0.356 e. The molecule has 2 aliphatic rings. The second-order valence-corrected chi connectivity index (χ2v) is 11.2. The Hall–Kier alpha value is -2.65. The van der Waals surface area contributed by atoms with E-state index in [0.717, 1.165) is 12.8 Å². The van der Waals surface area contributed by atoms with Crippen LogP contribution in [0.1, 0.15) is 61.5 Å². The summed E-state index contributed by atoms with van der Waals surface area (Å²) >= 11 is 0. The highest BCUT2D eigenvalue weighted by Crippen LogP contribution is 2.26. The summed E-state index contributed by atoms with van der Waals surface area (Å²) in [6.07, 6.45) is 4.55. The molecule has 3 heterocycles. The van der Waals surface area contributed by atoms with Gasteiger partial charge >= 0.3 is 0 Å². The zero-order valence-corrected chi connectivity index (χ0v) is 20.0. The zero-order chi connectivity index (χ0) is 23.6. The van der Waals surface area contributed by atoms with Crippen LogP contribution in [0.25, 0.3) is 0 Å². The lowest BCUT2D eigenvalue weighted by Gasteiger charge is -2.31. The van der Waals surface area contributed by atoms with Gasteiger partial charge in [0.15, 0.2) is 0 Å². The topological polar surface area (TPSA) is 103 Å². The molecule has 2 fully saturated rings. The van der Waals surface area contributed by atoms with Gasteiger partial charge in [-0.05, 0) is 55.4 Å². The third kappa shape index (κ3) is 5.14. The van der Waals surface area contributed by atoms with Gasteiger partial charge in [0.05, 0.1) is 5.92 Å². The first-order valence-corrected chi connectivity index (χ1v) is 13.1. The molecule has 2 aromatic rings. The SMILES string of the molecule is CC(C)c1ccc(NC(=O)[C@@H]2CCCN(S(=O)(=O)c3c[nH]c(C(=O)N4CCCC4)c3)C2)cc1. The average Bonchev–Trinajstić information content (AvgIpc) is 3.52. The van der Waals surface area contributed by atoms with Crippen molar-refractivity contribution in [2.45, 2.75) is 50.3 Å². The van der Waals surface area contributed by atoms with Crippen molar-refractivity contribution in [3.8, 4) is 0 Å². The van der Waals surface area contributed by atoms with Gasteiger partial charge in [0, 0.05) is 38.1 Å². The number of likely N-dealkylation sites (tertiary alicyclic amines) is 1. The summed E-state index contributed by atoms with van der Waals surface area (Å²) < 4.78 is 27.8. The summed E-state index contributed by atoms with van der Waals surface area (Å²) in [7, 11) is -3.80. The van der Waals surface area contributed by atoms with E-state index in [1.807, 2.05) is 24.3 Å². The monoisotopic (exact) mass is 472 g/mol. The molecule has 0 unspecified atom stereocenters. The molecule has 1 aromatic heterocycles. The van der Waals surface area contributed by atoms with Crippen molar-refractivity contribution >= 4 is 27.5 Å². The molecular weight excluding hydrogens is 440 g/mol. The molecular formula is C24H32N4O4S. The summed E-state index contributed by atoms with van der Waals surface area (Å²) in [5, 5.41) is 2.92. The van der Waals surface area contributed by atoms with Crippen LogP contribution in [-0.2, 0) is 14.8 Å². The molecule has 2 aliphatic heterocycles. The predicted molar refractivity (Wildman–Crippen MR) is 127 cm³/mol. The normalized spacial score (nSPS) is 19.7. The van der Waals surface area contributed by atoms with Gasteiger partial charge in [-0.25, -0.2) is 8.42 Å². The van der Waals surface area contributed by atoms with E-state index >= 15 is 0 Å². The molecule has 9 heteroatoms. The summed E-state index contributed by atoms with van der Waals surface area (Å²) in [5.41, 5.74) is 2.18. The van der Waals surface area contributed by atoms with Gasteiger partial charge in [-0.1, -0.05) is 26.0 Å². The number of sulfonamides is 1. The number of amides is 2. The van der Waals surface area contributed by atoms with Crippen molar-refractivity contribution < 1.29 is 18.0 Å². The van der Waals surface area contributed by atoms with E-state index in [4.69, 9.17) is 0 Å². The maximum atomic E-state index is 13.2. The lowest BCUT2D eigenvalue weighted by Crippen LogP contribution is -2.43. The molecule has 1 aromatic carbocycles. The van der Waals surface area contributed by atoms with Crippen LogP contribution >= 0.6 is 0 Å². The number of hydrogen-bond donors (Lipinski definition) is 2. The Labute approximate surface area is 195 Å². The van der Waals surface area contributed by atoms with Gasteiger partial charge in [-0.3, -0.25) is 9.59 Å². The van der Waals surface area contributed by atoms with E-state index < -0.39 is 15.9 Å². The smallest absolute Gasteiger partial charge is 0.270 e. The van der Waals surface area contributed by atoms with Crippen LogP contribution in [0.2, 0.25) is 0 Å². The van der Waals surface area contributed by atoms with Crippen molar-refractivity contribution in [2.75, 3.05) is 31.5 Å². The van der Waals surface area contributed by atoms with Crippen LogP contribution in [0.5, 0.6) is 0 Å². The third-order valence-electron chi connectivity index (χ3n) is 6.52. The second-order valence-electron chi connectivity index (χ2n) is 9.22. The molecule has 1 atom stereocenters. The number of carbonyl (C=O) groups is 2. The van der Waals surface area contributed by atoms with Gasteiger partial charge in [0.2, 0.25) is 15.9 Å². The van der Waals surface area contributed by atoms with Crippen LogP contribution in [0, 0.1) is 5.92 Å². The Bertz CT molecular complexity index is 1100. The maximum absolute atomic E-state index is 13.2. The number of nitrogens with zero attached hydrogens (tertiary/aromatic N) is 2. The number of nitrogens with one attached hydrogen (secondary N) is 2. The predicted octanol–water partition coefficient (Wildman–Crippen LogP) is 3.41. The molecule has 0 radical (unpaired) electrons. The lowest BCUT2D eigenvalue weighted by molar-refractivity contribution is -0.120. The van der Waals surface area contributed by atoms with E-state index in [2.05, 4.69) is 24.1 Å². The number of piperidine rings is 1. The molecule has 0 saturated carbocycles. The number of benzene rings is 1. The summed E-state index contributed by atoms with van der Waals surface area (Å²) in [6, 6.07) is 9.15. The minimum atomic E-state index is -3.80. The van der Waals surface area contributed by atoms with Gasteiger partial charge in [0.25, 0.3) is 5.91 Å². The molecule has 33 heavy (non-hydrogen) atoms. The lowest BCUT2D eigenvalue weighted by atomic mass is 9.98. The highest BCUT2D eigenvalue weighted by atomic mass is 32.2. The van der Waals surface area contributed by atoms with E-state index in [0.29, 0.717) is 44.1 Å². The fourth-order valence-electron chi connectivity index (χ4n) is 4.46. The summed E-state index contributed by atoms with van der Waals surface area (Å²) in [5.74, 6) is -0.367. The second kappa shape index (κ2) is 9.69. The maximum Gasteiger partial charge on any atom is 0.270 e. The number of hydrogen-bond acceptors (Lipinski definition) is 4. The molecule has 4 rings (SSSR count). The molecule has 0 spiro atoms. The van der Waals surface area contributed by atoms with Crippen molar-refractivity contribution in [1.82, 2.24) is 14.2 Å². The molecule has 0 bridgehead atoms. The number of rotatable bonds is 6. The molecule has 178 valence electrons. The summed E-state index contributed by atoms with van der Waals surface area (Å²) in [6.45, 7) is 6.10. The first kappa shape index (κ1) is 23.5. The quantitative estimate of drug-likeness (QED) is 0.672. The molecule has 2 N–H and O–H groups in total. The fourth-order valence-corrected chi connectivity index (χ4v) is 5.98. The van der Waals surface area contributed by atoms with Gasteiger partial charge in [-0.2, -0.15) is 4.31 Å². The zero-order valence-electron chi connectivity index (χ0n) is 19.2. The third-order valence-corrected chi connectivity index (χ3v) is 8.36. The highest BCUT2D eigenvalue weighted by molar-refractivity contribution is 7.89. The highest BCUT2D eigenvalue weighted by Gasteiger charge is 2.34. The average molecular weight is 473 g/mol. The summed E-state index contributed by atoms with van der Waals surface area (Å²) in [4.78, 5) is 30.0. The van der Waals surface area contributed by atoms with Crippen LogP contribution in [0.15, 0.2) is 41.4 Å². The first-order chi connectivity index (χ1) is 15.8. The van der Waals surface area contributed by atoms with Crippen molar-refractivity contribution in [2.24, 2.45) is 5.92 Å². The van der Waals surface area contributed by atoms with Gasteiger partial charge in [-0.15, -0.1) is 0 Å². The standard InChI is InChI=1S/C24H32N4O4S/c1-17(2)18-7-9-20(10-8-18)26-23(29)19-6-5-13-28(16-19)33(31,32)21-14-22(25-15-21)24(30)27-11-3-4-12-27/h7-10,14-15,17,19,25H,3-6,11-13,16H2,1-2H3,(H,26,29)/t19-/m1/s1. The largest absolute Gasteiger partial charge is 0.356 e.